The van der Waals surface area contributed by atoms with Gasteiger partial charge in [0.05, 0.1) is 5.69 Å². The number of amides is 1. The van der Waals surface area contributed by atoms with Crippen molar-refractivity contribution in [2.45, 2.75) is 19.5 Å². The van der Waals surface area contributed by atoms with Gasteiger partial charge < -0.3 is 14.6 Å². The number of hydrogen-bond donors (Lipinski definition) is 1. The SMILES string of the molecule is O=C(CCc1nc(-c2ccsc2)no1)Nc1ccccc1OC(F)F. The second-order valence-electron chi connectivity index (χ2n) is 4.95. The molecule has 3 rings (SSSR count). The molecule has 0 spiro atoms. The molecule has 2 aromatic heterocycles. The van der Waals surface area contributed by atoms with Gasteiger partial charge in [0.25, 0.3) is 0 Å². The minimum absolute atomic E-state index is 0.0638. The lowest BCUT2D eigenvalue weighted by Gasteiger charge is -2.11. The van der Waals surface area contributed by atoms with Crippen molar-refractivity contribution in [2.24, 2.45) is 0 Å². The van der Waals surface area contributed by atoms with Gasteiger partial charge in [0, 0.05) is 23.8 Å². The standard InChI is InChI=1S/C16H13F2N3O3S/c17-16(18)23-12-4-2-1-3-11(12)19-13(22)5-6-14-20-15(21-24-14)10-7-8-25-9-10/h1-4,7-9,16H,5-6H2,(H,19,22). The maximum absolute atomic E-state index is 12.4. The van der Waals surface area contributed by atoms with Crippen molar-refractivity contribution in [3.63, 3.8) is 0 Å². The zero-order valence-electron chi connectivity index (χ0n) is 12.8. The van der Waals surface area contributed by atoms with Crippen LogP contribution in [0.25, 0.3) is 11.4 Å². The van der Waals surface area contributed by atoms with E-state index in [9.17, 15) is 13.6 Å². The van der Waals surface area contributed by atoms with Crippen LogP contribution in [0.3, 0.4) is 0 Å². The molecule has 2 heterocycles. The predicted octanol–water partition coefficient (Wildman–Crippen LogP) is 3.97. The summed E-state index contributed by atoms with van der Waals surface area (Å²) in [7, 11) is 0. The number of hydrogen-bond acceptors (Lipinski definition) is 6. The molecular weight excluding hydrogens is 352 g/mol. The summed E-state index contributed by atoms with van der Waals surface area (Å²) < 4.78 is 34.2. The smallest absolute Gasteiger partial charge is 0.387 e. The molecule has 0 saturated heterocycles. The normalized spacial score (nSPS) is 10.8. The number of para-hydroxylation sites is 2. The molecule has 0 radical (unpaired) electrons. The number of aromatic nitrogens is 2. The highest BCUT2D eigenvalue weighted by Gasteiger charge is 2.14. The lowest BCUT2D eigenvalue weighted by molar-refractivity contribution is -0.116. The largest absolute Gasteiger partial charge is 0.433 e. The number of thiophene rings is 1. The molecule has 0 aliphatic carbocycles. The molecule has 0 saturated carbocycles. The van der Waals surface area contributed by atoms with Gasteiger partial charge in [-0.05, 0) is 23.6 Å². The van der Waals surface area contributed by atoms with Crippen LogP contribution in [0.2, 0.25) is 0 Å². The highest BCUT2D eigenvalue weighted by molar-refractivity contribution is 7.08. The zero-order chi connectivity index (χ0) is 17.6. The molecule has 1 amide bonds. The average molecular weight is 365 g/mol. The number of nitrogens with one attached hydrogen (secondary N) is 1. The first-order valence-corrected chi connectivity index (χ1v) is 8.25. The summed E-state index contributed by atoms with van der Waals surface area (Å²) in [5.74, 6) is 0.324. The Hall–Kier alpha value is -2.81. The molecular formula is C16H13F2N3O3S. The Bertz CT molecular complexity index is 837. The van der Waals surface area contributed by atoms with Crippen LogP contribution < -0.4 is 10.1 Å². The van der Waals surface area contributed by atoms with E-state index in [0.717, 1.165) is 5.56 Å². The Labute approximate surface area is 145 Å². The maximum atomic E-state index is 12.4. The molecule has 25 heavy (non-hydrogen) atoms. The van der Waals surface area contributed by atoms with Gasteiger partial charge in [-0.25, -0.2) is 0 Å². The molecule has 0 atom stereocenters. The van der Waals surface area contributed by atoms with E-state index >= 15 is 0 Å². The van der Waals surface area contributed by atoms with E-state index < -0.39 is 6.61 Å². The zero-order valence-corrected chi connectivity index (χ0v) is 13.6. The average Bonchev–Trinajstić information content (AvgIpc) is 3.25. The molecule has 6 nitrogen and oxygen atoms in total. The van der Waals surface area contributed by atoms with Crippen LogP contribution in [0.4, 0.5) is 14.5 Å². The number of rotatable bonds is 7. The maximum Gasteiger partial charge on any atom is 0.387 e. The number of ether oxygens (including phenoxy) is 1. The van der Waals surface area contributed by atoms with Crippen LogP contribution in [-0.2, 0) is 11.2 Å². The second-order valence-corrected chi connectivity index (χ2v) is 5.73. The van der Waals surface area contributed by atoms with Gasteiger partial charge in [0.1, 0.15) is 5.75 Å². The van der Waals surface area contributed by atoms with Crippen LogP contribution in [0.1, 0.15) is 12.3 Å². The predicted molar refractivity (Wildman–Crippen MR) is 87.6 cm³/mol. The Morgan fingerprint density at radius 1 is 1.32 bits per heavy atom. The van der Waals surface area contributed by atoms with Crippen molar-refractivity contribution in [1.29, 1.82) is 0 Å². The monoisotopic (exact) mass is 365 g/mol. The lowest BCUT2D eigenvalue weighted by Crippen LogP contribution is -2.14. The van der Waals surface area contributed by atoms with Gasteiger partial charge in [0.15, 0.2) is 0 Å². The van der Waals surface area contributed by atoms with Crippen LogP contribution in [-0.4, -0.2) is 22.7 Å². The number of alkyl halides is 2. The number of nitrogens with zero attached hydrogens (tertiary/aromatic N) is 2. The molecule has 0 aliphatic heterocycles. The highest BCUT2D eigenvalue weighted by Crippen LogP contribution is 2.25. The number of carbonyl (C=O) groups excluding carboxylic acids is 1. The number of benzene rings is 1. The van der Waals surface area contributed by atoms with Gasteiger partial charge in [-0.1, -0.05) is 17.3 Å². The van der Waals surface area contributed by atoms with Crippen LogP contribution >= 0.6 is 11.3 Å². The van der Waals surface area contributed by atoms with Gasteiger partial charge >= 0.3 is 6.61 Å². The number of aryl methyl sites for hydroxylation is 1. The van der Waals surface area contributed by atoms with E-state index in [1.54, 1.807) is 6.07 Å². The van der Waals surface area contributed by atoms with E-state index in [1.807, 2.05) is 16.8 Å². The summed E-state index contributed by atoms with van der Waals surface area (Å²) in [6, 6.07) is 7.85. The van der Waals surface area contributed by atoms with Gasteiger partial charge in [-0.2, -0.15) is 25.1 Å². The van der Waals surface area contributed by atoms with E-state index in [1.165, 1.54) is 29.5 Å². The molecule has 1 aromatic carbocycles. The Kier molecular flexibility index (Phi) is 5.34. The third-order valence-corrected chi connectivity index (χ3v) is 3.87. The summed E-state index contributed by atoms with van der Waals surface area (Å²) in [5, 5.41) is 10.2. The highest BCUT2D eigenvalue weighted by atomic mass is 32.1. The minimum Gasteiger partial charge on any atom is -0.433 e. The summed E-state index contributed by atoms with van der Waals surface area (Å²) in [5.41, 5.74) is 1.03. The molecule has 130 valence electrons. The number of carbonyl (C=O) groups is 1. The van der Waals surface area contributed by atoms with Crippen molar-refractivity contribution in [3.05, 3.63) is 47.0 Å². The summed E-state index contributed by atoms with van der Waals surface area (Å²) in [4.78, 5) is 16.2. The Morgan fingerprint density at radius 3 is 2.92 bits per heavy atom. The van der Waals surface area contributed by atoms with Crippen molar-refractivity contribution in [1.82, 2.24) is 10.1 Å². The minimum atomic E-state index is -2.97. The summed E-state index contributed by atoms with van der Waals surface area (Å²) >= 11 is 1.52. The summed E-state index contributed by atoms with van der Waals surface area (Å²) in [6.07, 6.45) is 0.301. The van der Waals surface area contributed by atoms with Gasteiger partial charge in [-0.15, -0.1) is 0 Å². The van der Waals surface area contributed by atoms with Crippen molar-refractivity contribution in [2.75, 3.05) is 5.32 Å². The molecule has 0 unspecified atom stereocenters. The van der Waals surface area contributed by atoms with Crippen molar-refractivity contribution < 1.29 is 22.8 Å². The van der Waals surface area contributed by atoms with Gasteiger partial charge in [0.2, 0.25) is 17.6 Å². The van der Waals surface area contributed by atoms with Gasteiger partial charge in [-0.3, -0.25) is 4.79 Å². The van der Waals surface area contributed by atoms with Crippen molar-refractivity contribution >= 4 is 22.9 Å². The second kappa shape index (κ2) is 7.84. The van der Waals surface area contributed by atoms with Crippen molar-refractivity contribution in [3.8, 4) is 17.1 Å². The van der Waals surface area contributed by atoms with E-state index in [4.69, 9.17) is 4.52 Å². The number of halogens is 2. The van der Waals surface area contributed by atoms with Crippen LogP contribution in [0, 0.1) is 0 Å². The molecule has 0 aliphatic rings. The first kappa shape index (κ1) is 17.0. The fourth-order valence-corrected chi connectivity index (χ4v) is 2.70. The number of anilines is 1. The first-order valence-electron chi connectivity index (χ1n) is 7.30. The Morgan fingerprint density at radius 2 is 2.16 bits per heavy atom. The van der Waals surface area contributed by atoms with Crippen LogP contribution in [0.5, 0.6) is 5.75 Å². The fraction of sp³-hybridized carbons (Fsp3) is 0.188. The summed E-state index contributed by atoms with van der Waals surface area (Å²) in [6.45, 7) is -2.97. The lowest BCUT2D eigenvalue weighted by atomic mass is 10.2. The third kappa shape index (κ3) is 4.60. The van der Waals surface area contributed by atoms with E-state index in [-0.39, 0.29) is 30.2 Å². The first-order chi connectivity index (χ1) is 12.1. The van der Waals surface area contributed by atoms with E-state index in [2.05, 4.69) is 20.2 Å². The molecule has 9 heteroatoms. The molecule has 3 aromatic rings. The topological polar surface area (TPSA) is 77.2 Å². The Balaban J connectivity index is 1.57. The fourth-order valence-electron chi connectivity index (χ4n) is 2.07. The van der Waals surface area contributed by atoms with Crippen LogP contribution in [0.15, 0.2) is 45.6 Å². The molecule has 0 fully saturated rings. The molecule has 1 N–H and O–H groups in total. The molecule has 0 bridgehead atoms. The third-order valence-electron chi connectivity index (χ3n) is 3.19. The quantitative estimate of drug-likeness (QED) is 0.685. The van der Waals surface area contributed by atoms with E-state index in [0.29, 0.717) is 11.7 Å².